The summed E-state index contributed by atoms with van der Waals surface area (Å²) in [6, 6.07) is 0. The van der Waals surface area contributed by atoms with Crippen molar-refractivity contribution < 1.29 is 13.2 Å². The molecule has 0 bridgehead atoms. The van der Waals surface area contributed by atoms with Crippen molar-refractivity contribution in [3.8, 4) is 0 Å². The summed E-state index contributed by atoms with van der Waals surface area (Å²) in [7, 11) is 0. The average Bonchev–Trinajstić information content (AvgIpc) is 2.25. The molecule has 0 amide bonds. The van der Waals surface area contributed by atoms with Gasteiger partial charge in [-0.15, -0.1) is 0 Å². The first-order chi connectivity index (χ1) is 7.94. The van der Waals surface area contributed by atoms with E-state index in [-0.39, 0.29) is 24.3 Å². The molecule has 1 rings (SSSR count). The number of hydrogen-bond acceptors (Lipinski definition) is 3. The molecular weight excluding hydrogens is 235 g/mol. The number of halogens is 3. The predicted molar refractivity (Wildman–Crippen MR) is 57.9 cm³/mol. The fourth-order valence-corrected chi connectivity index (χ4v) is 1.31. The average molecular weight is 249 g/mol. The van der Waals surface area contributed by atoms with Gasteiger partial charge in [-0.2, -0.15) is 13.2 Å². The second-order valence-corrected chi connectivity index (χ2v) is 3.51. The number of alkyl halides is 3. The minimum atomic E-state index is -4.16. The molecule has 0 atom stereocenters. The molecule has 7 heteroatoms. The van der Waals surface area contributed by atoms with Crippen molar-refractivity contribution in [2.75, 3.05) is 11.9 Å². The van der Waals surface area contributed by atoms with Gasteiger partial charge in [0.05, 0.1) is 0 Å². The zero-order chi connectivity index (χ0) is 12.9. The molecule has 96 valence electrons. The molecule has 0 unspecified atom stereocenters. The molecule has 0 aliphatic rings. The molecule has 0 aliphatic heterocycles. The fourth-order valence-electron chi connectivity index (χ4n) is 1.31. The van der Waals surface area contributed by atoms with Gasteiger partial charge < -0.3 is 9.88 Å². The molecule has 1 aromatic rings. The van der Waals surface area contributed by atoms with Crippen molar-refractivity contribution in [1.82, 2.24) is 9.55 Å². The van der Waals surface area contributed by atoms with Gasteiger partial charge in [0.25, 0.3) is 5.56 Å². The van der Waals surface area contributed by atoms with Crippen LogP contribution >= 0.6 is 0 Å². The van der Waals surface area contributed by atoms with Gasteiger partial charge >= 0.3 is 6.18 Å². The van der Waals surface area contributed by atoms with Crippen molar-refractivity contribution in [2.24, 2.45) is 0 Å². The highest BCUT2D eigenvalue weighted by atomic mass is 19.4. The summed E-state index contributed by atoms with van der Waals surface area (Å²) in [4.78, 5) is 15.4. The third-order valence-electron chi connectivity index (χ3n) is 2.18. The summed E-state index contributed by atoms with van der Waals surface area (Å²) >= 11 is 0. The van der Waals surface area contributed by atoms with Gasteiger partial charge in [0.15, 0.2) is 5.82 Å². The maximum absolute atomic E-state index is 11.9. The molecule has 0 saturated carbocycles. The van der Waals surface area contributed by atoms with Gasteiger partial charge in [-0.1, -0.05) is 0 Å². The lowest BCUT2D eigenvalue weighted by Crippen LogP contribution is -2.24. The van der Waals surface area contributed by atoms with Crippen molar-refractivity contribution in [1.29, 1.82) is 0 Å². The van der Waals surface area contributed by atoms with Crippen molar-refractivity contribution in [2.45, 2.75) is 32.5 Å². The van der Waals surface area contributed by atoms with Crippen molar-refractivity contribution in [3.63, 3.8) is 0 Å². The second kappa shape index (κ2) is 5.70. The minimum Gasteiger partial charge on any atom is -0.365 e. The number of nitrogens with one attached hydrogen (secondary N) is 1. The summed E-state index contributed by atoms with van der Waals surface area (Å²) in [6.45, 7) is 2.38. The smallest absolute Gasteiger partial charge is 0.365 e. The Bertz CT molecular complexity index is 414. The molecule has 1 heterocycles. The predicted octanol–water partition coefficient (Wildman–Crippen LogP) is 2.02. The summed E-state index contributed by atoms with van der Waals surface area (Å²) in [6.07, 6.45) is -2.13. The lowest BCUT2D eigenvalue weighted by atomic mass is 10.3. The molecule has 1 aromatic heterocycles. The van der Waals surface area contributed by atoms with Crippen LogP contribution in [0.2, 0.25) is 0 Å². The maximum atomic E-state index is 11.9. The van der Waals surface area contributed by atoms with E-state index in [9.17, 15) is 18.0 Å². The Labute approximate surface area is 96.5 Å². The van der Waals surface area contributed by atoms with Crippen LogP contribution in [0.15, 0.2) is 17.2 Å². The van der Waals surface area contributed by atoms with E-state index in [0.717, 1.165) is 0 Å². The maximum Gasteiger partial charge on any atom is 0.389 e. The van der Waals surface area contributed by atoms with Gasteiger partial charge in [-0.3, -0.25) is 4.79 Å². The first-order valence-electron chi connectivity index (χ1n) is 5.30. The van der Waals surface area contributed by atoms with Crippen LogP contribution in [0.3, 0.4) is 0 Å². The Morgan fingerprint density at radius 2 is 2.18 bits per heavy atom. The van der Waals surface area contributed by atoms with Gasteiger partial charge in [-0.25, -0.2) is 4.98 Å². The molecule has 17 heavy (non-hydrogen) atoms. The Kier molecular flexibility index (Phi) is 4.53. The lowest BCUT2D eigenvalue weighted by Gasteiger charge is -2.08. The topological polar surface area (TPSA) is 46.9 Å². The summed E-state index contributed by atoms with van der Waals surface area (Å²) in [5, 5.41) is 2.62. The first kappa shape index (κ1) is 13.5. The Morgan fingerprint density at radius 3 is 2.76 bits per heavy atom. The second-order valence-electron chi connectivity index (χ2n) is 3.51. The number of anilines is 1. The van der Waals surface area contributed by atoms with E-state index in [1.807, 2.05) is 0 Å². The normalized spacial score (nSPS) is 11.5. The summed E-state index contributed by atoms with van der Waals surface area (Å²) < 4.78 is 37.0. The summed E-state index contributed by atoms with van der Waals surface area (Å²) in [5.41, 5.74) is -0.318. The third kappa shape index (κ3) is 4.46. The number of nitrogens with zero attached hydrogens (tertiary/aromatic N) is 2. The number of rotatable bonds is 5. The van der Waals surface area contributed by atoms with Crippen LogP contribution in [0, 0.1) is 0 Å². The Hall–Kier alpha value is -1.53. The minimum absolute atomic E-state index is 0.0777. The molecule has 1 N–H and O–H groups in total. The number of aryl methyl sites for hydroxylation is 1. The van der Waals surface area contributed by atoms with Crippen LogP contribution in [0.4, 0.5) is 19.0 Å². The first-order valence-corrected chi connectivity index (χ1v) is 5.30. The van der Waals surface area contributed by atoms with Gasteiger partial charge in [0.1, 0.15) is 0 Å². The zero-order valence-corrected chi connectivity index (χ0v) is 9.42. The van der Waals surface area contributed by atoms with Crippen LogP contribution in [-0.4, -0.2) is 22.3 Å². The van der Waals surface area contributed by atoms with Crippen LogP contribution in [0.1, 0.15) is 19.8 Å². The van der Waals surface area contributed by atoms with Gasteiger partial charge in [0.2, 0.25) is 0 Å². The highest BCUT2D eigenvalue weighted by molar-refractivity contribution is 5.30. The van der Waals surface area contributed by atoms with E-state index < -0.39 is 12.6 Å². The Balaban J connectivity index is 2.50. The van der Waals surface area contributed by atoms with Crippen molar-refractivity contribution in [3.05, 3.63) is 22.7 Å². The number of aromatic nitrogens is 2. The highest BCUT2D eigenvalue weighted by Crippen LogP contribution is 2.20. The van der Waals surface area contributed by atoms with E-state index >= 15 is 0 Å². The van der Waals surface area contributed by atoms with E-state index in [0.29, 0.717) is 6.54 Å². The summed E-state index contributed by atoms with van der Waals surface area (Å²) in [5.74, 6) is 0.0940. The quantitative estimate of drug-likeness (QED) is 0.812. The molecule has 0 spiro atoms. The molecule has 0 radical (unpaired) electrons. The van der Waals surface area contributed by atoms with Gasteiger partial charge in [-0.05, 0) is 13.3 Å². The van der Waals surface area contributed by atoms with Crippen LogP contribution in [-0.2, 0) is 6.54 Å². The van der Waals surface area contributed by atoms with E-state index in [1.54, 1.807) is 6.92 Å². The fraction of sp³-hybridized carbons (Fsp3) is 0.600. The van der Waals surface area contributed by atoms with Gasteiger partial charge in [0, 0.05) is 31.9 Å². The van der Waals surface area contributed by atoms with Crippen LogP contribution < -0.4 is 10.9 Å². The number of hydrogen-bond donors (Lipinski definition) is 1. The third-order valence-corrected chi connectivity index (χ3v) is 2.18. The molecule has 4 nitrogen and oxygen atoms in total. The lowest BCUT2D eigenvalue weighted by molar-refractivity contribution is -0.134. The largest absolute Gasteiger partial charge is 0.389 e. The standard InChI is InChI=1S/C10H14F3N3O/c1-2-16-7-6-15-8(9(16)17)14-5-3-4-10(11,12)13/h6-7H,2-5H2,1H3,(H,14,15). The molecular formula is C10H14F3N3O. The Morgan fingerprint density at radius 1 is 1.47 bits per heavy atom. The van der Waals surface area contributed by atoms with E-state index in [2.05, 4.69) is 10.3 Å². The zero-order valence-electron chi connectivity index (χ0n) is 9.42. The SMILES string of the molecule is CCn1ccnc(NCCCC(F)(F)F)c1=O. The molecule has 0 aliphatic carbocycles. The highest BCUT2D eigenvalue weighted by Gasteiger charge is 2.25. The van der Waals surface area contributed by atoms with E-state index in [4.69, 9.17) is 0 Å². The molecule has 0 saturated heterocycles. The van der Waals surface area contributed by atoms with Crippen molar-refractivity contribution >= 4 is 5.82 Å². The molecule has 0 fully saturated rings. The monoisotopic (exact) mass is 249 g/mol. The van der Waals surface area contributed by atoms with Crippen LogP contribution in [0.5, 0.6) is 0 Å². The molecule has 0 aromatic carbocycles. The van der Waals surface area contributed by atoms with E-state index in [1.165, 1.54) is 17.0 Å². The van der Waals surface area contributed by atoms with Crippen LogP contribution in [0.25, 0.3) is 0 Å².